The van der Waals surface area contributed by atoms with Crippen molar-refractivity contribution in [3.8, 4) is 61.6 Å². The van der Waals surface area contributed by atoms with Gasteiger partial charge in [-0.1, -0.05) is 236 Å². The van der Waals surface area contributed by atoms with Gasteiger partial charge in [-0.2, -0.15) is 0 Å². The van der Waals surface area contributed by atoms with Crippen molar-refractivity contribution in [2.24, 2.45) is 0 Å². The molecule has 1 aliphatic carbocycles. The number of hydrogen-bond donors (Lipinski definition) is 0. The Morgan fingerprint density at radius 3 is 1.20 bits per heavy atom. The maximum Gasteiger partial charge on any atom is 0.135 e. The van der Waals surface area contributed by atoms with Crippen LogP contribution in [-0.4, -0.2) is 13.7 Å². The molecule has 4 nitrogen and oxygen atoms in total. The zero-order chi connectivity index (χ0) is 62.0. The molecular weight excluding hydrogens is 1130 g/mol. The molecule has 0 saturated carbocycles. The Morgan fingerprint density at radius 1 is 0.258 bits per heavy atom. The van der Waals surface area contributed by atoms with Crippen molar-refractivity contribution < 1.29 is 4.42 Å². The summed E-state index contributed by atoms with van der Waals surface area (Å²) < 4.78 is 13.8. The number of rotatable bonds is 20. The van der Waals surface area contributed by atoms with E-state index in [4.69, 9.17) is 4.42 Å². The molecule has 0 spiro atoms. The van der Waals surface area contributed by atoms with Crippen molar-refractivity contribution in [3.05, 3.63) is 272 Å². The minimum atomic E-state index is -0.107. The van der Waals surface area contributed by atoms with E-state index in [2.05, 4.69) is 282 Å². The van der Waals surface area contributed by atoms with Gasteiger partial charge >= 0.3 is 0 Å². The minimum absolute atomic E-state index is 0.107. The number of para-hydroxylation sites is 4. The summed E-state index contributed by atoms with van der Waals surface area (Å²) >= 11 is 0. The molecule has 0 saturated heterocycles. The average Bonchev–Trinajstić information content (AvgIpc) is 1.59. The second-order valence-corrected chi connectivity index (χ2v) is 26.6. The van der Waals surface area contributed by atoms with Gasteiger partial charge in [0.25, 0.3) is 0 Å². The summed E-state index contributed by atoms with van der Waals surface area (Å²) in [5.41, 5.74) is 25.7. The van der Waals surface area contributed by atoms with Gasteiger partial charge in [0.1, 0.15) is 11.2 Å². The van der Waals surface area contributed by atoms with Crippen LogP contribution in [0.5, 0.6) is 0 Å². The molecule has 0 aliphatic heterocycles. The fraction of sp³-hybridized carbons (Fsp3) is 0.191. The van der Waals surface area contributed by atoms with Crippen LogP contribution in [0, 0.1) is 0 Å². The maximum absolute atomic E-state index is 6.31. The maximum atomic E-state index is 6.31. The predicted molar refractivity (Wildman–Crippen MR) is 395 cm³/mol. The van der Waals surface area contributed by atoms with Gasteiger partial charge in [0.05, 0.1) is 33.1 Å². The Bertz CT molecular complexity index is 5480. The first-order valence-electron chi connectivity index (χ1n) is 34.5. The van der Waals surface area contributed by atoms with Crippen molar-refractivity contribution in [3.63, 3.8) is 0 Å². The Balaban J connectivity index is 0.840. The molecule has 0 unspecified atom stereocenters. The fourth-order valence-corrected chi connectivity index (χ4v) is 16.5. The molecule has 4 heterocycles. The number of unbranched alkanes of at least 4 members (excludes halogenated alkanes) is 10. The topological polar surface area (TPSA) is 27.9 Å². The molecule has 0 bridgehead atoms. The third-order valence-corrected chi connectivity index (χ3v) is 21.0. The van der Waals surface area contributed by atoms with Gasteiger partial charge in [-0.3, -0.25) is 0 Å². The molecule has 0 atom stereocenters. The first kappa shape index (κ1) is 56.8. The first-order chi connectivity index (χ1) is 46.0. The van der Waals surface area contributed by atoms with Crippen LogP contribution in [0.3, 0.4) is 0 Å². The van der Waals surface area contributed by atoms with Gasteiger partial charge in [-0.15, -0.1) is 0 Å². The number of benzene rings is 12. The lowest BCUT2D eigenvalue weighted by Gasteiger charge is -2.33. The highest BCUT2D eigenvalue weighted by molar-refractivity contribution is 6.15. The lowest BCUT2D eigenvalue weighted by Crippen LogP contribution is -2.26. The van der Waals surface area contributed by atoms with E-state index < -0.39 is 0 Å². The minimum Gasteiger partial charge on any atom is -0.456 e. The summed E-state index contributed by atoms with van der Waals surface area (Å²) in [6.07, 6.45) is 17.7. The second kappa shape index (κ2) is 23.8. The largest absolute Gasteiger partial charge is 0.456 e. The number of aromatic nitrogens is 3. The third-order valence-electron chi connectivity index (χ3n) is 21.0. The molecule has 0 fully saturated rings. The van der Waals surface area contributed by atoms with E-state index in [0.717, 1.165) is 40.5 Å². The van der Waals surface area contributed by atoms with Gasteiger partial charge in [0.15, 0.2) is 0 Å². The smallest absolute Gasteiger partial charge is 0.135 e. The summed E-state index contributed by atoms with van der Waals surface area (Å²) in [6.45, 7) is 4.66. The van der Waals surface area contributed by atoms with E-state index in [1.807, 2.05) is 6.07 Å². The van der Waals surface area contributed by atoms with E-state index in [1.165, 1.54) is 209 Å². The van der Waals surface area contributed by atoms with Crippen molar-refractivity contribution in [2.75, 3.05) is 0 Å². The standard InChI is InChI=1S/C89H77N3O/c1-3-5-7-9-11-25-51-89(52-26-12-10-8-6-4-2)79-57-65(60-27-15-13-16-28-60)37-44-69(79)70-45-42-68(59-80(70)89)92-85-48-40-63(61-38-46-83-74(53-61)71-31-19-22-34-81(71)90(83)66-29-17-14-18-30-66)55-76(85)77-56-64(41-49-86(77)92)62-39-47-84-75(54-62)72-32-20-23-35-82(72)91(84)67-43-50-88-78(58-67)73-33-21-24-36-87(73)93-88/h13-24,27-50,53-59H,3-12,25-26,51-52H2,1-2H3. The van der Waals surface area contributed by atoms with Gasteiger partial charge in [-0.25, -0.2) is 0 Å². The van der Waals surface area contributed by atoms with Crippen molar-refractivity contribution in [2.45, 2.75) is 109 Å². The SMILES string of the molecule is CCCCCCCCC1(CCCCCCCC)c2cc(-c3ccccc3)ccc2-c2ccc(-n3c4ccc(-c5ccc6c(c5)c5ccccc5n6-c5ccccc5)cc4c4cc(-c5ccc6c(c5)c5ccccc5n6-c5ccc6oc7ccccc7c6c5)ccc43)cc21. The summed E-state index contributed by atoms with van der Waals surface area (Å²) in [7, 11) is 0. The van der Waals surface area contributed by atoms with Crippen molar-refractivity contribution in [1.29, 1.82) is 0 Å². The summed E-state index contributed by atoms with van der Waals surface area (Å²) in [6, 6.07) is 98.5. The molecule has 454 valence electrons. The molecule has 17 rings (SSSR count). The molecule has 1 aliphatic rings. The normalized spacial score (nSPS) is 12.9. The molecule has 12 aromatic carbocycles. The van der Waals surface area contributed by atoms with E-state index in [9.17, 15) is 0 Å². The van der Waals surface area contributed by atoms with E-state index in [-0.39, 0.29) is 5.41 Å². The van der Waals surface area contributed by atoms with Crippen LogP contribution in [0.4, 0.5) is 0 Å². The molecule has 0 amide bonds. The zero-order valence-electron chi connectivity index (χ0n) is 53.5. The highest BCUT2D eigenvalue weighted by atomic mass is 16.3. The molecule has 4 aromatic heterocycles. The van der Waals surface area contributed by atoms with Crippen molar-refractivity contribution >= 4 is 87.4 Å². The van der Waals surface area contributed by atoms with E-state index in [1.54, 1.807) is 0 Å². The fourth-order valence-electron chi connectivity index (χ4n) is 16.5. The molecular formula is C89H77N3O. The number of nitrogens with zero attached hydrogens (tertiary/aromatic N) is 3. The lowest BCUT2D eigenvalue weighted by atomic mass is 9.70. The molecule has 16 aromatic rings. The van der Waals surface area contributed by atoms with Gasteiger partial charge in [0.2, 0.25) is 0 Å². The van der Waals surface area contributed by atoms with Crippen LogP contribution in [0.2, 0.25) is 0 Å². The van der Waals surface area contributed by atoms with E-state index >= 15 is 0 Å². The van der Waals surface area contributed by atoms with Gasteiger partial charge in [-0.05, 0) is 184 Å². The second-order valence-electron chi connectivity index (χ2n) is 26.6. The first-order valence-corrected chi connectivity index (χ1v) is 34.5. The Labute approximate surface area is 545 Å². The zero-order valence-corrected chi connectivity index (χ0v) is 53.5. The Kier molecular flexibility index (Phi) is 14.5. The molecule has 93 heavy (non-hydrogen) atoms. The Hall–Kier alpha value is -10.2. The lowest BCUT2D eigenvalue weighted by molar-refractivity contribution is 0.398. The number of fused-ring (bicyclic) bond motifs is 15. The summed E-state index contributed by atoms with van der Waals surface area (Å²) in [5.74, 6) is 0. The van der Waals surface area contributed by atoms with Crippen LogP contribution < -0.4 is 0 Å². The van der Waals surface area contributed by atoms with Crippen molar-refractivity contribution in [1.82, 2.24) is 13.7 Å². The molecule has 0 N–H and O–H groups in total. The van der Waals surface area contributed by atoms with Crippen LogP contribution in [-0.2, 0) is 5.41 Å². The van der Waals surface area contributed by atoms with Crippen LogP contribution in [0.25, 0.3) is 149 Å². The Morgan fingerprint density at radius 2 is 0.645 bits per heavy atom. The van der Waals surface area contributed by atoms with Crippen LogP contribution in [0.15, 0.2) is 265 Å². The summed E-state index contributed by atoms with van der Waals surface area (Å²) in [4.78, 5) is 0. The van der Waals surface area contributed by atoms with E-state index in [0.29, 0.717) is 0 Å². The quantitative estimate of drug-likeness (QED) is 0.0699. The number of hydrogen-bond acceptors (Lipinski definition) is 1. The van der Waals surface area contributed by atoms with Gasteiger partial charge in [0, 0.05) is 65.6 Å². The average molecular weight is 1200 g/mol. The highest BCUT2D eigenvalue weighted by Gasteiger charge is 2.43. The third kappa shape index (κ3) is 9.71. The predicted octanol–water partition coefficient (Wildman–Crippen LogP) is 25.6. The van der Waals surface area contributed by atoms with Crippen LogP contribution >= 0.6 is 0 Å². The molecule has 4 heteroatoms. The van der Waals surface area contributed by atoms with Gasteiger partial charge < -0.3 is 18.1 Å². The molecule has 0 radical (unpaired) electrons. The van der Waals surface area contributed by atoms with Crippen LogP contribution in [0.1, 0.15) is 115 Å². The number of furan rings is 1. The highest BCUT2D eigenvalue weighted by Crippen LogP contribution is 2.56. The summed E-state index contributed by atoms with van der Waals surface area (Å²) in [5, 5.41) is 9.73. The monoisotopic (exact) mass is 1200 g/mol.